The van der Waals surface area contributed by atoms with E-state index in [0.29, 0.717) is 23.7 Å². The van der Waals surface area contributed by atoms with Gasteiger partial charge in [-0.25, -0.2) is 9.48 Å². The summed E-state index contributed by atoms with van der Waals surface area (Å²) in [6.07, 6.45) is 41.5. The normalized spacial score (nSPS) is 22.5. The Morgan fingerprint density at radius 2 is 0.772 bits per heavy atom. The van der Waals surface area contributed by atoms with Gasteiger partial charge in [-0.3, -0.25) is 0 Å². The van der Waals surface area contributed by atoms with Crippen molar-refractivity contribution in [1.29, 1.82) is 0 Å². The van der Waals surface area contributed by atoms with Gasteiger partial charge in [0.15, 0.2) is 0 Å². The molecule has 4 saturated carbocycles. The number of hydrogen-bond donors (Lipinski definition) is 0. The molecule has 9 rings (SSSR count). The highest BCUT2D eigenvalue weighted by Gasteiger charge is 2.33. The summed E-state index contributed by atoms with van der Waals surface area (Å²) in [4.78, 5) is 2.76. The zero-order valence-corrected chi connectivity index (χ0v) is 35.8. The van der Waals surface area contributed by atoms with Crippen LogP contribution in [0.1, 0.15) is 226 Å². The summed E-state index contributed by atoms with van der Waals surface area (Å²) in [7, 11) is 0. The molecular weight excluding hydrogens is 689 g/mol. The predicted molar refractivity (Wildman–Crippen MR) is 246 cm³/mol. The van der Waals surface area contributed by atoms with Crippen LogP contribution in [0.3, 0.4) is 0 Å². The first-order chi connectivity index (χ1) is 28.3. The molecule has 0 saturated heterocycles. The maximum absolute atomic E-state index is 2.76. The molecule has 4 aliphatic carbocycles. The fourth-order valence-electron chi connectivity index (χ4n) is 12.4. The molecule has 4 aromatic carbocycles. The lowest BCUT2D eigenvalue weighted by molar-refractivity contribution is -0.423. The van der Waals surface area contributed by atoms with Gasteiger partial charge in [0, 0.05) is 21.9 Å². The van der Waals surface area contributed by atoms with Gasteiger partial charge >= 0.3 is 0 Å². The number of fused-ring (bicyclic) bond motifs is 2. The lowest BCUT2D eigenvalue weighted by atomic mass is 9.82. The van der Waals surface area contributed by atoms with E-state index in [1.807, 2.05) is 0 Å². The summed E-state index contributed by atoms with van der Waals surface area (Å²) in [5.74, 6) is 2.74. The fraction of sp³-hybridized carbons (Fsp3) is 0.618. The van der Waals surface area contributed by atoms with Gasteiger partial charge in [-0.1, -0.05) is 177 Å². The van der Waals surface area contributed by atoms with Crippen LogP contribution in [0.4, 0.5) is 11.4 Å². The van der Waals surface area contributed by atoms with Crippen LogP contribution in [0.5, 0.6) is 0 Å². The smallest absolute Gasteiger partial charge is 0.229 e. The SMILES string of the molecule is C1=[N+](c2c(C3CCCCCCC3)ccc3ccc(C4CCCCCCC4)cc23)CCN1c1c(C2CCCCCCC2)ccc2ccc(C3CCCCCCC3)cc12. The van der Waals surface area contributed by atoms with Crippen LogP contribution in [0.25, 0.3) is 21.5 Å². The van der Waals surface area contributed by atoms with Gasteiger partial charge < -0.3 is 0 Å². The molecule has 4 aromatic rings. The van der Waals surface area contributed by atoms with E-state index in [9.17, 15) is 0 Å². The number of anilines is 1. The van der Waals surface area contributed by atoms with Gasteiger partial charge in [0.05, 0.1) is 0 Å². The third-order valence-corrected chi connectivity index (χ3v) is 15.8. The first kappa shape index (κ1) is 39.3. The standard InChI is InChI=1S/C55H75N2/c1-5-13-21-42(22-14-6-1)48-31-29-46-33-35-50(44-25-17-9-3-10-18-26-44)54(52(46)39-48)56-37-38-57(41-56)55-51(45-27-19-11-4-12-20-28-45)36-34-47-30-32-49(40-53(47)55)43-23-15-7-2-8-16-24-43/h29-36,39-45H,1-28,37-38H2/q+1. The van der Waals surface area contributed by atoms with Gasteiger partial charge in [-0.05, 0) is 109 Å². The molecule has 4 fully saturated rings. The third-order valence-electron chi connectivity index (χ3n) is 15.8. The van der Waals surface area contributed by atoms with Crippen LogP contribution in [0.15, 0.2) is 60.7 Å². The fourth-order valence-corrected chi connectivity index (χ4v) is 12.4. The molecule has 0 unspecified atom stereocenters. The highest BCUT2D eigenvalue weighted by atomic mass is 15.3. The van der Waals surface area contributed by atoms with E-state index in [2.05, 4.69) is 76.5 Å². The van der Waals surface area contributed by atoms with Crippen LogP contribution in [-0.2, 0) is 0 Å². The number of nitrogens with zero attached hydrogens (tertiary/aromatic N) is 2. The third kappa shape index (κ3) is 9.21. The Hall–Kier alpha value is -3.13. The van der Waals surface area contributed by atoms with E-state index < -0.39 is 0 Å². The molecule has 1 heterocycles. The molecule has 0 N–H and O–H groups in total. The average Bonchev–Trinajstić information content (AvgIpc) is 3.66. The molecule has 1 aliphatic heterocycles. The summed E-state index contributed by atoms with van der Waals surface area (Å²) >= 11 is 0. The highest BCUT2D eigenvalue weighted by Crippen LogP contribution is 2.45. The highest BCUT2D eigenvalue weighted by molar-refractivity contribution is 6.02. The Morgan fingerprint density at radius 3 is 1.28 bits per heavy atom. The zero-order chi connectivity index (χ0) is 38.2. The molecule has 2 nitrogen and oxygen atoms in total. The topological polar surface area (TPSA) is 6.25 Å². The molecular formula is C55H75N2+. The summed E-state index contributed by atoms with van der Waals surface area (Å²) in [6.45, 7) is 2.13. The maximum Gasteiger partial charge on any atom is 0.244 e. The van der Waals surface area contributed by atoms with E-state index in [-0.39, 0.29) is 0 Å². The van der Waals surface area contributed by atoms with Crippen molar-refractivity contribution in [2.24, 2.45) is 0 Å². The molecule has 57 heavy (non-hydrogen) atoms. The maximum atomic E-state index is 2.76. The van der Waals surface area contributed by atoms with Gasteiger partial charge in [-0.2, -0.15) is 0 Å². The summed E-state index contributed by atoms with van der Waals surface area (Å²) < 4.78 is 2.76. The van der Waals surface area contributed by atoms with Crippen molar-refractivity contribution < 1.29 is 4.58 Å². The summed E-state index contributed by atoms with van der Waals surface area (Å²) in [5.41, 5.74) is 9.61. The van der Waals surface area contributed by atoms with E-state index in [4.69, 9.17) is 0 Å². The molecule has 2 heteroatoms. The minimum Gasteiger partial charge on any atom is -0.229 e. The average molecular weight is 764 g/mol. The van der Waals surface area contributed by atoms with Crippen molar-refractivity contribution in [3.05, 3.63) is 82.9 Å². The quantitative estimate of drug-likeness (QED) is 0.177. The largest absolute Gasteiger partial charge is 0.244 e. The van der Waals surface area contributed by atoms with Crippen LogP contribution >= 0.6 is 0 Å². The zero-order valence-electron chi connectivity index (χ0n) is 35.8. The summed E-state index contributed by atoms with van der Waals surface area (Å²) in [5, 5.41) is 5.92. The van der Waals surface area contributed by atoms with Crippen molar-refractivity contribution in [1.82, 2.24) is 0 Å². The Kier molecular flexibility index (Phi) is 13.3. The minimum atomic E-state index is 0.659. The van der Waals surface area contributed by atoms with Gasteiger partial charge in [0.25, 0.3) is 0 Å². The van der Waals surface area contributed by atoms with Crippen molar-refractivity contribution in [3.8, 4) is 0 Å². The van der Waals surface area contributed by atoms with Crippen LogP contribution in [0.2, 0.25) is 0 Å². The molecule has 0 spiro atoms. The van der Waals surface area contributed by atoms with Crippen LogP contribution < -0.4 is 4.90 Å². The first-order valence-corrected chi connectivity index (χ1v) is 24.8. The van der Waals surface area contributed by atoms with E-state index in [1.54, 1.807) is 33.6 Å². The second kappa shape index (κ2) is 19.3. The Balaban J connectivity index is 1.17. The predicted octanol–water partition coefficient (Wildman–Crippen LogP) is 16.5. The van der Waals surface area contributed by atoms with E-state index in [1.165, 1.54) is 201 Å². The lowest BCUT2D eigenvalue weighted by Gasteiger charge is -2.25. The molecule has 0 bridgehead atoms. The Bertz CT molecular complexity index is 1930. The van der Waals surface area contributed by atoms with Crippen molar-refractivity contribution >= 4 is 39.3 Å². The van der Waals surface area contributed by atoms with Gasteiger partial charge in [0.1, 0.15) is 24.5 Å². The van der Waals surface area contributed by atoms with Gasteiger partial charge in [0.2, 0.25) is 6.34 Å². The molecule has 304 valence electrons. The van der Waals surface area contributed by atoms with Crippen molar-refractivity contribution in [2.45, 2.75) is 203 Å². The number of hydrogen-bond acceptors (Lipinski definition) is 1. The van der Waals surface area contributed by atoms with E-state index in [0.717, 1.165) is 13.1 Å². The van der Waals surface area contributed by atoms with Crippen molar-refractivity contribution in [2.75, 3.05) is 18.0 Å². The van der Waals surface area contributed by atoms with Gasteiger partial charge in [-0.15, -0.1) is 0 Å². The Morgan fingerprint density at radius 1 is 0.386 bits per heavy atom. The monoisotopic (exact) mass is 764 g/mol. The molecule has 5 aliphatic rings. The summed E-state index contributed by atoms with van der Waals surface area (Å²) in [6, 6.07) is 25.6. The molecule has 0 aromatic heterocycles. The Labute approximate surface area is 346 Å². The lowest BCUT2D eigenvalue weighted by Crippen LogP contribution is -2.21. The molecule has 0 atom stereocenters. The second-order valence-corrected chi connectivity index (χ2v) is 19.6. The number of benzene rings is 4. The molecule has 0 radical (unpaired) electrons. The minimum absolute atomic E-state index is 0.659. The number of rotatable bonds is 6. The van der Waals surface area contributed by atoms with E-state index >= 15 is 0 Å². The van der Waals surface area contributed by atoms with Crippen LogP contribution in [-0.4, -0.2) is 24.0 Å². The molecule has 0 amide bonds. The first-order valence-electron chi connectivity index (χ1n) is 24.8. The second-order valence-electron chi connectivity index (χ2n) is 19.6. The van der Waals surface area contributed by atoms with Crippen LogP contribution in [0, 0.1) is 0 Å². The van der Waals surface area contributed by atoms with Crippen molar-refractivity contribution in [3.63, 3.8) is 0 Å².